The molecule has 6 aliphatic heterocycles. The molecule has 0 aromatic heterocycles. The van der Waals surface area contributed by atoms with E-state index in [1.165, 1.54) is 6.92 Å². The van der Waals surface area contributed by atoms with E-state index in [4.69, 9.17) is 47.4 Å². The number of aliphatic hydroxyl groups excluding tert-OH is 1. The maximum atomic E-state index is 14.3. The van der Waals surface area contributed by atoms with Crippen molar-refractivity contribution in [1.82, 2.24) is 5.32 Å². The predicted molar refractivity (Wildman–Crippen MR) is 230 cm³/mol. The molecule has 4 saturated heterocycles. The van der Waals surface area contributed by atoms with E-state index in [1.54, 1.807) is 33.3 Å². The SMILES string of the molecule is CO[C@H]1C[C@@H](O[C@@H]2C/C=C\C=C3\CO[C@@H]4[C@H](O)C(C)=C[C@H](C(=O)O[C@@H]5C[C@@H](CC=C2C)O[C@]2(C=C[C@H](C)[C@H](C(C)C)O2)C5)[C@]34O)O[C@@H](C)[C@H]1O[C@H]1C[C@@H](OC)[C@H](NC(C)=O)[C@H](C)O1. The Labute approximate surface area is 372 Å². The van der Waals surface area contributed by atoms with E-state index in [0.717, 1.165) is 5.57 Å². The molecule has 1 aliphatic carbocycles. The number of amides is 1. The first kappa shape index (κ1) is 48.1. The van der Waals surface area contributed by atoms with Crippen molar-refractivity contribution in [3.8, 4) is 0 Å². The second kappa shape index (κ2) is 20.0. The minimum atomic E-state index is -1.83. The van der Waals surface area contributed by atoms with Gasteiger partial charge in [-0.15, -0.1) is 0 Å². The Balaban J connectivity index is 1.14. The Morgan fingerprint density at radius 2 is 1.65 bits per heavy atom. The lowest BCUT2D eigenvalue weighted by Gasteiger charge is -2.48. The first-order valence-electron chi connectivity index (χ1n) is 22.9. The van der Waals surface area contributed by atoms with Crippen LogP contribution in [0.5, 0.6) is 0 Å². The summed E-state index contributed by atoms with van der Waals surface area (Å²) < 4.78 is 63.9. The standard InChI is InChI=1S/C48H71NO14/c1-25(2)43-27(4)17-18-47(63-43)23-34-20-33(62-47)16-15-26(3)36(14-12-11-13-32-24-56-45-42(51)28(5)19-35(46(52)59-34)48(32,45)53)60-39-22-38(55-10)44(30(7)58-39)61-40-21-37(54-9)41(29(6)57-40)49-31(8)50/h11-13,15,17-19,25,27,29-30,33-45,51,53H,14,16,20-24H2,1-10H3,(H,49,50)/b12-11-,26-15?,32-13-/t27-,29-,30-,33+,34+,35+,36+,37+,38-,39+,40-,41+,42+,43-,44+,45+,47-,48+/m0/s1. The smallest absolute Gasteiger partial charge is 0.316 e. The summed E-state index contributed by atoms with van der Waals surface area (Å²) in [6.07, 6.45) is 8.97. The highest BCUT2D eigenvalue weighted by Gasteiger charge is 2.60. The lowest BCUT2D eigenvalue weighted by atomic mass is 9.71. The van der Waals surface area contributed by atoms with Crippen LogP contribution in [0.15, 0.2) is 59.3 Å². The number of hydrogen-bond donors (Lipinski definition) is 3. The number of carbonyl (C=O) groups is 2. The average molecular weight is 886 g/mol. The number of ether oxygens (including phenoxy) is 10. The zero-order valence-corrected chi connectivity index (χ0v) is 38.6. The molecule has 7 rings (SSSR count). The molecule has 18 atom stereocenters. The molecule has 1 amide bonds. The van der Waals surface area contributed by atoms with Gasteiger partial charge in [-0.3, -0.25) is 9.59 Å². The molecule has 0 unspecified atom stereocenters. The van der Waals surface area contributed by atoms with Crippen molar-refractivity contribution in [2.75, 3.05) is 20.8 Å². The summed E-state index contributed by atoms with van der Waals surface area (Å²) in [7, 11) is 3.26. The highest BCUT2D eigenvalue weighted by atomic mass is 16.7. The van der Waals surface area contributed by atoms with Gasteiger partial charge >= 0.3 is 5.97 Å². The number of carbonyl (C=O) groups excluding carboxylic acids is 2. The van der Waals surface area contributed by atoms with Crippen LogP contribution in [0.25, 0.3) is 0 Å². The van der Waals surface area contributed by atoms with E-state index in [2.05, 4.69) is 38.2 Å². The van der Waals surface area contributed by atoms with Gasteiger partial charge in [-0.05, 0) is 69.2 Å². The van der Waals surface area contributed by atoms with Crippen molar-refractivity contribution in [2.24, 2.45) is 17.8 Å². The van der Waals surface area contributed by atoms with Gasteiger partial charge in [-0.2, -0.15) is 0 Å². The number of esters is 1. The highest BCUT2D eigenvalue weighted by molar-refractivity contribution is 5.78. The van der Waals surface area contributed by atoms with Gasteiger partial charge in [0.15, 0.2) is 18.4 Å². The summed E-state index contributed by atoms with van der Waals surface area (Å²) in [5.41, 5.74) is 0.129. The molecule has 352 valence electrons. The maximum Gasteiger partial charge on any atom is 0.316 e. The minimum Gasteiger partial charge on any atom is -0.462 e. The van der Waals surface area contributed by atoms with Crippen LogP contribution in [0.3, 0.4) is 0 Å². The number of allylic oxidation sites excluding steroid dienone is 2. The Kier molecular flexibility index (Phi) is 15.3. The van der Waals surface area contributed by atoms with Crippen molar-refractivity contribution in [2.45, 2.75) is 191 Å². The third-order valence-electron chi connectivity index (χ3n) is 14.0. The van der Waals surface area contributed by atoms with Gasteiger partial charge in [0, 0.05) is 52.7 Å². The normalized spacial score (nSPS) is 46.0. The van der Waals surface area contributed by atoms with Crippen molar-refractivity contribution >= 4 is 11.9 Å². The third kappa shape index (κ3) is 10.3. The number of fused-ring (bicyclic) bond motifs is 2. The molecule has 0 aromatic rings. The van der Waals surface area contributed by atoms with Crippen LogP contribution >= 0.6 is 0 Å². The first-order valence-corrected chi connectivity index (χ1v) is 22.9. The van der Waals surface area contributed by atoms with Crippen LogP contribution in [0, 0.1) is 17.8 Å². The molecule has 0 saturated carbocycles. The molecule has 1 spiro atoms. The summed E-state index contributed by atoms with van der Waals surface area (Å²) in [5, 5.41) is 26.6. The average Bonchev–Trinajstić information content (AvgIpc) is 3.57. The maximum absolute atomic E-state index is 14.3. The van der Waals surface area contributed by atoms with Crippen molar-refractivity contribution < 1.29 is 67.2 Å². The summed E-state index contributed by atoms with van der Waals surface area (Å²) in [6.45, 7) is 15.5. The number of nitrogens with one attached hydrogen (secondary N) is 1. The van der Waals surface area contributed by atoms with E-state index in [-0.39, 0.29) is 67.3 Å². The van der Waals surface area contributed by atoms with Crippen LogP contribution in [0.1, 0.15) is 93.9 Å². The first-order chi connectivity index (χ1) is 29.9. The van der Waals surface area contributed by atoms with Crippen LogP contribution in [-0.4, -0.2) is 140 Å². The quantitative estimate of drug-likeness (QED) is 0.222. The molecule has 0 radical (unpaired) electrons. The van der Waals surface area contributed by atoms with Gasteiger partial charge in [-0.25, -0.2) is 0 Å². The third-order valence-corrected chi connectivity index (χ3v) is 14.0. The van der Waals surface area contributed by atoms with E-state index in [0.29, 0.717) is 43.3 Å². The molecule has 63 heavy (non-hydrogen) atoms. The molecule has 3 N–H and O–H groups in total. The predicted octanol–water partition coefficient (Wildman–Crippen LogP) is 4.89. The molecule has 7 aliphatic rings. The van der Waals surface area contributed by atoms with Crippen LogP contribution in [-0.2, 0) is 57.0 Å². The second-order valence-electron chi connectivity index (χ2n) is 19.0. The van der Waals surface area contributed by atoms with Crippen LogP contribution in [0.4, 0.5) is 0 Å². The topological polar surface area (TPSA) is 179 Å². The summed E-state index contributed by atoms with van der Waals surface area (Å²) in [5.74, 6) is -2.59. The van der Waals surface area contributed by atoms with Gasteiger partial charge in [0.1, 0.15) is 35.9 Å². The fraction of sp³-hybridized carbons (Fsp3) is 0.750. The molecule has 6 heterocycles. The lowest BCUT2D eigenvalue weighted by Crippen LogP contribution is -2.58. The molecule has 4 fully saturated rings. The molecule has 15 heteroatoms. The summed E-state index contributed by atoms with van der Waals surface area (Å²) in [6, 6.07) is -0.312. The van der Waals surface area contributed by atoms with Crippen LogP contribution < -0.4 is 5.32 Å². The molecule has 0 aromatic carbocycles. The number of hydrogen-bond acceptors (Lipinski definition) is 14. The van der Waals surface area contributed by atoms with E-state index >= 15 is 0 Å². The molecule has 2 bridgehead atoms. The van der Waals surface area contributed by atoms with E-state index < -0.39 is 72.5 Å². The molecule has 15 nitrogen and oxygen atoms in total. The van der Waals surface area contributed by atoms with Gasteiger partial charge in [0.25, 0.3) is 0 Å². The fourth-order valence-electron chi connectivity index (χ4n) is 10.6. The zero-order valence-electron chi connectivity index (χ0n) is 38.6. The van der Waals surface area contributed by atoms with Gasteiger partial charge in [0.05, 0.1) is 55.4 Å². The van der Waals surface area contributed by atoms with Gasteiger partial charge in [0.2, 0.25) is 5.91 Å². The lowest BCUT2D eigenvalue weighted by molar-refractivity contribution is -0.310. The zero-order chi connectivity index (χ0) is 45.4. The summed E-state index contributed by atoms with van der Waals surface area (Å²) in [4.78, 5) is 26.2. The number of methoxy groups -OCH3 is 2. The van der Waals surface area contributed by atoms with Crippen molar-refractivity contribution in [3.63, 3.8) is 0 Å². The Morgan fingerprint density at radius 1 is 0.937 bits per heavy atom. The van der Waals surface area contributed by atoms with Gasteiger partial charge < -0.3 is 62.9 Å². The Hall–Kier alpha value is -2.80. The Morgan fingerprint density at radius 3 is 2.37 bits per heavy atom. The van der Waals surface area contributed by atoms with Gasteiger partial charge in [-0.1, -0.05) is 57.2 Å². The Bertz CT molecular complexity index is 1790. The largest absolute Gasteiger partial charge is 0.462 e. The van der Waals surface area contributed by atoms with Crippen LogP contribution in [0.2, 0.25) is 0 Å². The summed E-state index contributed by atoms with van der Waals surface area (Å²) >= 11 is 0. The van der Waals surface area contributed by atoms with Crippen molar-refractivity contribution in [3.05, 3.63) is 59.3 Å². The number of aliphatic hydroxyl groups is 2. The van der Waals surface area contributed by atoms with E-state index in [1.807, 2.05) is 39.0 Å². The minimum absolute atomic E-state index is 0.0322. The van der Waals surface area contributed by atoms with Crippen molar-refractivity contribution in [1.29, 1.82) is 0 Å². The molecular weight excluding hydrogens is 815 g/mol. The monoisotopic (exact) mass is 885 g/mol. The highest BCUT2D eigenvalue weighted by Crippen LogP contribution is 2.47. The second-order valence-corrected chi connectivity index (χ2v) is 19.0. The van der Waals surface area contributed by atoms with E-state index in [9.17, 15) is 19.8 Å². The number of rotatable bonds is 8. The fourth-order valence-corrected chi connectivity index (χ4v) is 10.6. The molecular formula is C48H71NO14.